The maximum Gasteiger partial charge on any atom is 0.158 e. The van der Waals surface area contributed by atoms with Crippen molar-refractivity contribution in [1.82, 2.24) is 9.78 Å². The zero-order valence-corrected chi connectivity index (χ0v) is 10.8. The molecule has 0 saturated heterocycles. The smallest absolute Gasteiger partial charge is 0.158 e. The number of hydrogen-bond acceptors (Lipinski definition) is 3. The fraction of sp³-hybridized carbons (Fsp3) is 0.0625. The number of phenolic OH excluding ortho intramolecular Hbond substituents is 1. The summed E-state index contributed by atoms with van der Waals surface area (Å²) < 4.78 is 7.44. The Morgan fingerprint density at radius 3 is 2.50 bits per heavy atom. The van der Waals surface area contributed by atoms with E-state index in [4.69, 9.17) is 4.74 Å². The number of rotatable bonds is 4. The molecule has 0 amide bonds. The molecule has 0 atom stereocenters. The number of para-hydroxylation sites is 1. The quantitative estimate of drug-likeness (QED) is 0.789. The highest BCUT2D eigenvalue weighted by Crippen LogP contribution is 2.16. The van der Waals surface area contributed by atoms with Crippen LogP contribution in [0.25, 0.3) is 5.69 Å². The van der Waals surface area contributed by atoms with E-state index in [0.29, 0.717) is 12.4 Å². The maximum absolute atomic E-state index is 9.22. The minimum absolute atomic E-state index is 0.255. The van der Waals surface area contributed by atoms with E-state index in [0.717, 1.165) is 11.3 Å². The SMILES string of the molecule is Oc1ccc(COc2cnn(-c3ccccc3)c2)cc1. The van der Waals surface area contributed by atoms with Crippen molar-refractivity contribution in [3.05, 3.63) is 72.6 Å². The highest BCUT2D eigenvalue weighted by molar-refractivity contribution is 5.32. The van der Waals surface area contributed by atoms with Gasteiger partial charge >= 0.3 is 0 Å². The summed E-state index contributed by atoms with van der Waals surface area (Å²) in [7, 11) is 0. The lowest BCUT2D eigenvalue weighted by molar-refractivity contribution is 0.306. The van der Waals surface area contributed by atoms with E-state index in [1.54, 1.807) is 23.0 Å². The number of aromatic nitrogens is 2. The summed E-state index contributed by atoms with van der Waals surface area (Å²) in [6.45, 7) is 0.445. The van der Waals surface area contributed by atoms with Crippen molar-refractivity contribution < 1.29 is 9.84 Å². The molecule has 0 aliphatic heterocycles. The van der Waals surface area contributed by atoms with Gasteiger partial charge in [-0.05, 0) is 29.8 Å². The van der Waals surface area contributed by atoms with Crippen LogP contribution in [0.2, 0.25) is 0 Å². The number of nitrogens with zero attached hydrogens (tertiary/aromatic N) is 2. The minimum Gasteiger partial charge on any atom is -0.508 e. The van der Waals surface area contributed by atoms with Crippen molar-refractivity contribution in [3.63, 3.8) is 0 Å². The lowest BCUT2D eigenvalue weighted by atomic mass is 10.2. The van der Waals surface area contributed by atoms with Crippen LogP contribution in [0.5, 0.6) is 11.5 Å². The van der Waals surface area contributed by atoms with Crippen LogP contribution in [0, 0.1) is 0 Å². The molecule has 3 aromatic rings. The van der Waals surface area contributed by atoms with Gasteiger partial charge in [-0.15, -0.1) is 0 Å². The highest BCUT2D eigenvalue weighted by atomic mass is 16.5. The van der Waals surface area contributed by atoms with Crippen molar-refractivity contribution in [1.29, 1.82) is 0 Å². The molecular weight excluding hydrogens is 252 g/mol. The van der Waals surface area contributed by atoms with E-state index in [1.165, 1.54) is 0 Å². The van der Waals surface area contributed by atoms with E-state index in [2.05, 4.69) is 5.10 Å². The third-order valence-electron chi connectivity index (χ3n) is 2.92. The molecule has 0 aliphatic carbocycles. The van der Waals surface area contributed by atoms with E-state index in [-0.39, 0.29) is 5.75 Å². The standard InChI is InChI=1S/C16H14N2O2/c19-15-8-6-13(7-9-15)12-20-16-10-17-18(11-16)14-4-2-1-3-5-14/h1-11,19H,12H2. The molecule has 1 heterocycles. The second-order valence-electron chi connectivity index (χ2n) is 4.41. The van der Waals surface area contributed by atoms with Crippen LogP contribution in [-0.4, -0.2) is 14.9 Å². The summed E-state index contributed by atoms with van der Waals surface area (Å²) in [4.78, 5) is 0. The first-order valence-electron chi connectivity index (χ1n) is 6.32. The predicted molar refractivity (Wildman–Crippen MR) is 76.0 cm³/mol. The fourth-order valence-electron chi connectivity index (χ4n) is 1.86. The largest absolute Gasteiger partial charge is 0.508 e. The Morgan fingerprint density at radius 2 is 1.75 bits per heavy atom. The first kappa shape index (κ1) is 12.3. The normalized spacial score (nSPS) is 10.4. The molecule has 4 nitrogen and oxygen atoms in total. The zero-order chi connectivity index (χ0) is 13.8. The van der Waals surface area contributed by atoms with Crippen LogP contribution in [-0.2, 0) is 6.61 Å². The summed E-state index contributed by atoms with van der Waals surface area (Å²) in [6, 6.07) is 16.8. The molecule has 100 valence electrons. The van der Waals surface area contributed by atoms with Crippen molar-refractivity contribution in [3.8, 4) is 17.2 Å². The van der Waals surface area contributed by atoms with Crippen LogP contribution < -0.4 is 4.74 Å². The van der Waals surface area contributed by atoms with Gasteiger partial charge in [-0.2, -0.15) is 5.10 Å². The second-order valence-corrected chi connectivity index (χ2v) is 4.41. The predicted octanol–water partition coefficient (Wildman–Crippen LogP) is 3.16. The van der Waals surface area contributed by atoms with Gasteiger partial charge in [0.25, 0.3) is 0 Å². The molecule has 0 fully saturated rings. The first-order valence-corrected chi connectivity index (χ1v) is 6.32. The first-order chi connectivity index (χ1) is 9.81. The molecule has 0 bridgehead atoms. The molecule has 2 aromatic carbocycles. The van der Waals surface area contributed by atoms with Gasteiger partial charge in [0, 0.05) is 0 Å². The van der Waals surface area contributed by atoms with Gasteiger partial charge in [0.1, 0.15) is 12.4 Å². The van der Waals surface area contributed by atoms with Gasteiger partial charge < -0.3 is 9.84 Å². The Morgan fingerprint density at radius 1 is 1.00 bits per heavy atom. The van der Waals surface area contributed by atoms with Crippen LogP contribution in [0.15, 0.2) is 67.0 Å². The lowest BCUT2D eigenvalue weighted by Gasteiger charge is -2.03. The second kappa shape index (κ2) is 5.48. The molecule has 3 rings (SSSR count). The van der Waals surface area contributed by atoms with E-state index in [1.807, 2.05) is 48.7 Å². The summed E-state index contributed by atoms with van der Waals surface area (Å²) in [5.41, 5.74) is 1.99. The van der Waals surface area contributed by atoms with Gasteiger partial charge in [-0.25, -0.2) is 4.68 Å². The van der Waals surface area contributed by atoms with E-state index >= 15 is 0 Å². The molecule has 0 aliphatic rings. The van der Waals surface area contributed by atoms with Crippen LogP contribution in [0.3, 0.4) is 0 Å². The van der Waals surface area contributed by atoms with Crippen LogP contribution in [0.4, 0.5) is 0 Å². The van der Waals surface area contributed by atoms with Gasteiger partial charge in [-0.1, -0.05) is 30.3 Å². The third-order valence-corrected chi connectivity index (χ3v) is 2.92. The van der Waals surface area contributed by atoms with Crippen molar-refractivity contribution in [2.24, 2.45) is 0 Å². The Labute approximate surface area is 116 Å². The number of ether oxygens (including phenoxy) is 1. The Kier molecular flexibility index (Phi) is 3.37. The Bertz CT molecular complexity index is 675. The molecule has 4 heteroatoms. The van der Waals surface area contributed by atoms with Crippen molar-refractivity contribution in [2.45, 2.75) is 6.61 Å². The molecule has 20 heavy (non-hydrogen) atoms. The van der Waals surface area contributed by atoms with E-state index in [9.17, 15) is 5.11 Å². The molecule has 0 spiro atoms. The fourth-order valence-corrected chi connectivity index (χ4v) is 1.86. The number of phenols is 1. The summed E-state index contributed by atoms with van der Waals surface area (Å²) in [5.74, 6) is 0.965. The Balaban J connectivity index is 1.67. The van der Waals surface area contributed by atoms with Crippen molar-refractivity contribution >= 4 is 0 Å². The zero-order valence-electron chi connectivity index (χ0n) is 10.8. The summed E-state index contributed by atoms with van der Waals surface area (Å²) >= 11 is 0. The van der Waals surface area contributed by atoms with E-state index < -0.39 is 0 Å². The number of benzene rings is 2. The summed E-state index contributed by atoms with van der Waals surface area (Å²) in [6.07, 6.45) is 3.53. The molecule has 0 unspecified atom stereocenters. The average molecular weight is 266 g/mol. The van der Waals surface area contributed by atoms with Gasteiger partial charge in [0.15, 0.2) is 5.75 Å². The third kappa shape index (κ3) is 2.80. The minimum atomic E-state index is 0.255. The number of hydrogen-bond donors (Lipinski definition) is 1. The van der Waals surface area contributed by atoms with Crippen molar-refractivity contribution in [2.75, 3.05) is 0 Å². The monoisotopic (exact) mass is 266 g/mol. The molecule has 1 N–H and O–H groups in total. The molecule has 1 aromatic heterocycles. The van der Waals surface area contributed by atoms with Gasteiger partial charge in [-0.3, -0.25) is 0 Å². The van der Waals surface area contributed by atoms with Gasteiger partial charge in [0.05, 0.1) is 18.1 Å². The molecule has 0 radical (unpaired) electrons. The lowest BCUT2D eigenvalue weighted by Crippen LogP contribution is -1.94. The molecule has 0 saturated carbocycles. The van der Waals surface area contributed by atoms with Crippen LogP contribution in [0.1, 0.15) is 5.56 Å². The maximum atomic E-state index is 9.22. The average Bonchev–Trinajstić information content (AvgIpc) is 2.97. The topological polar surface area (TPSA) is 47.3 Å². The van der Waals surface area contributed by atoms with Gasteiger partial charge in [0.2, 0.25) is 0 Å². The highest BCUT2D eigenvalue weighted by Gasteiger charge is 2.02. The number of aromatic hydroxyl groups is 1. The Hall–Kier alpha value is -2.75. The van der Waals surface area contributed by atoms with Crippen LogP contribution >= 0.6 is 0 Å². The molecular formula is C16H14N2O2. The summed E-state index contributed by atoms with van der Waals surface area (Å²) in [5, 5.41) is 13.5.